The molecule has 31 heavy (non-hydrogen) atoms. The molecule has 162 valence electrons. The van der Waals surface area contributed by atoms with Crippen molar-refractivity contribution < 1.29 is 9.53 Å². The van der Waals surface area contributed by atoms with Gasteiger partial charge in [0.2, 0.25) is 0 Å². The first-order valence-electron chi connectivity index (χ1n) is 10.0. The van der Waals surface area contributed by atoms with Gasteiger partial charge in [-0.05, 0) is 43.1 Å². The van der Waals surface area contributed by atoms with E-state index in [1.807, 2.05) is 16.8 Å². The Morgan fingerprint density at radius 2 is 2.16 bits per heavy atom. The van der Waals surface area contributed by atoms with Crippen LogP contribution in [0.5, 0.6) is 5.75 Å². The highest BCUT2D eigenvalue weighted by molar-refractivity contribution is 6.30. The average molecular weight is 442 g/mol. The summed E-state index contributed by atoms with van der Waals surface area (Å²) >= 11 is 6.34. The van der Waals surface area contributed by atoms with E-state index in [-0.39, 0.29) is 23.6 Å². The summed E-state index contributed by atoms with van der Waals surface area (Å²) in [5, 5.41) is 11.5. The molecule has 0 spiro atoms. The van der Waals surface area contributed by atoms with Crippen molar-refractivity contribution in [1.82, 2.24) is 25.1 Å². The lowest BCUT2D eigenvalue weighted by Gasteiger charge is -2.32. The second-order valence-electron chi connectivity index (χ2n) is 7.38. The zero-order valence-electron chi connectivity index (χ0n) is 17.1. The van der Waals surface area contributed by atoms with Gasteiger partial charge in [0.05, 0.1) is 25.0 Å². The van der Waals surface area contributed by atoms with E-state index in [2.05, 4.69) is 25.7 Å². The van der Waals surface area contributed by atoms with Crippen molar-refractivity contribution in [2.75, 3.05) is 24.7 Å². The summed E-state index contributed by atoms with van der Waals surface area (Å²) in [4.78, 5) is 20.4. The van der Waals surface area contributed by atoms with Crippen molar-refractivity contribution >= 4 is 29.0 Å². The van der Waals surface area contributed by atoms with Gasteiger partial charge < -0.3 is 21.1 Å². The number of methoxy groups -OCH3 is 1. The number of nitrogens with two attached hydrogens (primary N) is 1. The van der Waals surface area contributed by atoms with Crippen LogP contribution < -0.4 is 21.1 Å². The number of nitrogens with one attached hydrogen (secondary N) is 2. The number of anilines is 2. The Morgan fingerprint density at radius 3 is 2.90 bits per heavy atom. The first kappa shape index (κ1) is 21.1. The fraction of sp³-hybridized carbons (Fsp3) is 0.333. The van der Waals surface area contributed by atoms with E-state index >= 15 is 0 Å². The molecule has 1 aromatic carbocycles. The molecule has 3 aromatic rings. The maximum Gasteiger partial charge on any atom is 0.278 e. The molecule has 2 aromatic heterocycles. The molecule has 4 N–H and O–H groups in total. The molecule has 1 saturated heterocycles. The summed E-state index contributed by atoms with van der Waals surface area (Å²) in [6.45, 7) is 0.940. The maximum absolute atomic E-state index is 12.5. The van der Waals surface area contributed by atoms with Crippen LogP contribution in [0.2, 0.25) is 5.02 Å². The highest BCUT2D eigenvalue weighted by atomic mass is 35.5. The molecule has 1 amide bonds. The standard InChI is InChI=1S/C21H24ClN7O2/c1-31-16-9-13(8-14(22)10-16)19(17-4-2-3-5-24-17)29-12-15(11-27-29)28-21(30)18-20(23)26-7-6-25-18/h6-12,17,19,24H,2-5H2,1H3,(H2,23,26)(H,28,30). The van der Waals surface area contributed by atoms with E-state index in [4.69, 9.17) is 22.1 Å². The molecule has 1 aliphatic rings. The predicted octanol–water partition coefficient (Wildman–Crippen LogP) is 2.90. The molecule has 0 bridgehead atoms. The maximum atomic E-state index is 12.5. The molecular weight excluding hydrogens is 418 g/mol. The number of hydrogen-bond donors (Lipinski definition) is 3. The number of amides is 1. The largest absolute Gasteiger partial charge is 0.497 e. The number of nitrogen functional groups attached to an aromatic ring is 1. The van der Waals surface area contributed by atoms with Crippen LogP contribution in [0.1, 0.15) is 41.4 Å². The lowest BCUT2D eigenvalue weighted by molar-refractivity contribution is 0.102. The smallest absolute Gasteiger partial charge is 0.278 e. The van der Waals surface area contributed by atoms with E-state index in [0.29, 0.717) is 16.5 Å². The molecule has 0 saturated carbocycles. The van der Waals surface area contributed by atoms with Gasteiger partial charge in [0.25, 0.3) is 5.91 Å². The lowest BCUT2D eigenvalue weighted by Crippen LogP contribution is -2.41. The van der Waals surface area contributed by atoms with Gasteiger partial charge in [-0.15, -0.1) is 0 Å². The summed E-state index contributed by atoms with van der Waals surface area (Å²) in [6.07, 6.45) is 9.51. The van der Waals surface area contributed by atoms with Gasteiger partial charge in [0, 0.05) is 29.7 Å². The molecule has 2 atom stereocenters. The second kappa shape index (κ2) is 9.32. The summed E-state index contributed by atoms with van der Waals surface area (Å²) in [6, 6.07) is 5.70. The third-order valence-corrected chi connectivity index (χ3v) is 5.50. The van der Waals surface area contributed by atoms with Crippen LogP contribution in [0.4, 0.5) is 11.5 Å². The Balaban J connectivity index is 1.64. The Labute approximate surface area is 185 Å². The van der Waals surface area contributed by atoms with Crippen LogP contribution >= 0.6 is 11.6 Å². The molecule has 10 heteroatoms. The number of hydrogen-bond acceptors (Lipinski definition) is 7. The van der Waals surface area contributed by atoms with Gasteiger partial charge in [-0.1, -0.05) is 18.0 Å². The topological polar surface area (TPSA) is 120 Å². The zero-order valence-corrected chi connectivity index (χ0v) is 17.8. The zero-order chi connectivity index (χ0) is 21.8. The van der Waals surface area contributed by atoms with Gasteiger partial charge in [0.1, 0.15) is 5.75 Å². The van der Waals surface area contributed by atoms with Crippen molar-refractivity contribution in [2.45, 2.75) is 31.3 Å². The molecule has 3 heterocycles. The van der Waals surface area contributed by atoms with Gasteiger partial charge >= 0.3 is 0 Å². The van der Waals surface area contributed by atoms with E-state index < -0.39 is 5.91 Å². The first-order chi connectivity index (χ1) is 15.0. The van der Waals surface area contributed by atoms with E-state index in [9.17, 15) is 4.79 Å². The number of nitrogens with zero attached hydrogens (tertiary/aromatic N) is 4. The minimum Gasteiger partial charge on any atom is -0.497 e. The van der Waals surface area contributed by atoms with Gasteiger partial charge in [0.15, 0.2) is 11.5 Å². The number of carbonyl (C=O) groups is 1. The van der Waals surface area contributed by atoms with Crippen LogP contribution in [0.15, 0.2) is 43.0 Å². The van der Waals surface area contributed by atoms with E-state index in [0.717, 1.165) is 31.4 Å². The molecular formula is C21H24ClN7O2. The number of rotatable bonds is 6. The van der Waals surface area contributed by atoms with Gasteiger partial charge in [-0.3, -0.25) is 9.48 Å². The molecule has 9 nitrogen and oxygen atoms in total. The average Bonchev–Trinajstić information content (AvgIpc) is 3.22. The first-order valence-corrected chi connectivity index (χ1v) is 10.4. The van der Waals surface area contributed by atoms with Crippen molar-refractivity contribution in [1.29, 1.82) is 0 Å². The van der Waals surface area contributed by atoms with E-state index in [1.54, 1.807) is 25.6 Å². The molecule has 2 unspecified atom stereocenters. The minimum absolute atomic E-state index is 0.0697. The minimum atomic E-state index is -0.443. The number of carbonyl (C=O) groups excluding carboxylic acids is 1. The second-order valence-corrected chi connectivity index (χ2v) is 7.82. The fourth-order valence-corrected chi connectivity index (χ4v) is 4.09. The quantitative estimate of drug-likeness (QED) is 0.537. The van der Waals surface area contributed by atoms with Crippen molar-refractivity contribution in [3.05, 3.63) is 59.3 Å². The molecule has 1 fully saturated rings. The lowest BCUT2D eigenvalue weighted by atomic mass is 9.92. The van der Waals surface area contributed by atoms with Crippen molar-refractivity contribution in [3.63, 3.8) is 0 Å². The number of halogens is 1. The number of benzene rings is 1. The van der Waals surface area contributed by atoms with Crippen LogP contribution in [0.25, 0.3) is 0 Å². The third-order valence-electron chi connectivity index (χ3n) is 5.29. The Hall–Kier alpha value is -3.17. The number of aromatic nitrogens is 4. The molecule has 1 aliphatic heterocycles. The molecule has 0 aliphatic carbocycles. The third kappa shape index (κ3) is 4.78. The van der Waals surface area contributed by atoms with Crippen molar-refractivity contribution in [3.8, 4) is 5.75 Å². The van der Waals surface area contributed by atoms with E-state index in [1.165, 1.54) is 12.4 Å². The Morgan fingerprint density at radius 1 is 1.32 bits per heavy atom. The summed E-state index contributed by atoms with van der Waals surface area (Å²) in [5.74, 6) is 0.312. The normalized spacial score (nSPS) is 17.2. The number of ether oxygens (including phenoxy) is 1. The highest BCUT2D eigenvalue weighted by Gasteiger charge is 2.28. The van der Waals surface area contributed by atoms with Crippen LogP contribution in [-0.2, 0) is 0 Å². The van der Waals surface area contributed by atoms with Gasteiger partial charge in [-0.2, -0.15) is 5.10 Å². The highest BCUT2D eigenvalue weighted by Crippen LogP contribution is 2.32. The summed E-state index contributed by atoms with van der Waals surface area (Å²) < 4.78 is 7.25. The SMILES string of the molecule is COc1cc(Cl)cc(C(C2CCCCN2)n2cc(NC(=O)c3nccnc3N)cn2)c1. The monoisotopic (exact) mass is 441 g/mol. The van der Waals surface area contributed by atoms with Crippen LogP contribution in [-0.4, -0.2) is 45.4 Å². The van der Waals surface area contributed by atoms with Crippen LogP contribution in [0, 0.1) is 0 Å². The van der Waals surface area contributed by atoms with Crippen LogP contribution in [0.3, 0.4) is 0 Å². The molecule has 4 rings (SSSR count). The summed E-state index contributed by atoms with van der Waals surface area (Å²) in [7, 11) is 1.61. The predicted molar refractivity (Wildman–Crippen MR) is 118 cm³/mol. The fourth-order valence-electron chi connectivity index (χ4n) is 3.86. The van der Waals surface area contributed by atoms with Crippen molar-refractivity contribution in [2.24, 2.45) is 0 Å². The Bertz CT molecular complexity index is 1070. The Kier molecular flexibility index (Phi) is 6.34. The molecule has 0 radical (unpaired) electrons. The summed E-state index contributed by atoms with van der Waals surface area (Å²) in [5.41, 5.74) is 7.33. The number of piperidine rings is 1. The van der Waals surface area contributed by atoms with Gasteiger partial charge in [-0.25, -0.2) is 9.97 Å².